The summed E-state index contributed by atoms with van der Waals surface area (Å²) < 4.78 is 4.85. The van der Waals surface area contributed by atoms with E-state index in [4.69, 9.17) is 4.74 Å². The molecule has 0 aromatic heterocycles. The van der Waals surface area contributed by atoms with Crippen LogP contribution in [-0.4, -0.2) is 25.2 Å². The maximum atomic E-state index is 11.1. The lowest BCUT2D eigenvalue weighted by Crippen LogP contribution is -2.39. The number of ether oxygens (including phenoxy) is 1. The summed E-state index contributed by atoms with van der Waals surface area (Å²) in [6.45, 7) is 3.04. The molecular formula is C8H13NO2. The first-order valence-electron chi connectivity index (χ1n) is 3.89. The first-order chi connectivity index (χ1) is 5.34. The topological polar surface area (TPSA) is 38.3 Å². The Hall–Kier alpha value is -0.830. The van der Waals surface area contributed by atoms with Gasteiger partial charge in [0.05, 0.1) is 6.61 Å². The summed E-state index contributed by atoms with van der Waals surface area (Å²) in [5.74, 6) is -0.142. The van der Waals surface area contributed by atoms with Crippen LogP contribution in [0.2, 0.25) is 0 Å². The fraction of sp³-hybridized carbons (Fsp3) is 0.625. The van der Waals surface area contributed by atoms with E-state index in [0.29, 0.717) is 6.61 Å². The first kappa shape index (κ1) is 8.27. The molecule has 1 heterocycles. The lowest BCUT2D eigenvalue weighted by atomic mass is 10.1. The van der Waals surface area contributed by atoms with Crippen molar-refractivity contribution in [2.45, 2.75) is 19.4 Å². The summed E-state index contributed by atoms with van der Waals surface area (Å²) >= 11 is 0. The number of carbonyl (C=O) groups excluding carboxylic acids is 1. The molecule has 3 heteroatoms. The van der Waals surface area contributed by atoms with Crippen molar-refractivity contribution in [1.29, 1.82) is 0 Å². The molecule has 62 valence electrons. The number of hydrogen-bond donors (Lipinski definition) is 1. The number of rotatable bonds is 2. The van der Waals surface area contributed by atoms with Gasteiger partial charge in [-0.25, -0.2) is 0 Å². The van der Waals surface area contributed by atoms with Crippen molar-refractivity contribution < 1.29 is 9.53 Å². The summed E-state index contributed by atoms with van der Waals surface area (Å²) in [6, 6.07) is -0.125. The van der Waals surface area contributed by atoms with Gasteiger partial charge in [0.15, 0.2) is 0 Å². The molecule has 1 rings (SSSR count). The van der Waals surface area contributed by atoms with E-state index in [1.54, 1.807) is 0 Å². The molecule has 1 aliphatic heterocycles. The molecule has 0 amide bonds. The van der Waals surface area contributed by atoms with Crippen molar-refractivity contribution in [3.05, 3.63) is 12.2 Å². The van der Waals surface area contributed by atoms with E-state index in [1.807, 2.05) is 19.1 Å². The molecule has 0 unspecified atom stereocenters. The molecule has 0 aromatic rings. The van der Waals surface area contributed by atoms with Crippen LogP contribution in [0.4, 0.5) is 0 Å². The van der Waals surface area contributed by atoms with Crippen LogP contribution in [0.3, 0.4) is 0 Å². The van der Waals surface area contributed by atoms with Crippen molar-refractivity contribution in [3.8, 4) is 0 Å². The molecular weight excluding hydrogens is 142 g/mol. The number of nitrogens with one attached hydrogen (secondary N) is 1. The molecule has 0 saturated carbocycles. The Labute approximate surface area is 66.4 Å². The predicted molar refractivity (Wildman–Crippen MR) is 42.2 cm³/mol. The lowest BCUT2D eigenvalue weighted by molar-refractivity contribution is -0.145. The summed E-state index contributed by atoms with van der Waals surface area (Å²) in [4.78, 5) is 11.1. The average Bonchev–Trinajstić information content (AvgIpc) is 2.07. The van der Waals surface area contributed by atoms with E-state index >= 15 is 0 Å². The molecule has 0 aliphatic carbocycles. The minimum Gasteiger partial charge on any atom is -0.465 e. The molecule has 11 heavy (non-hydrogen) atoms. The Bertz CT molecular complexity index is 165. The Balaban J connectivity index is 2.34. The highest BCUT2D eigenvalue weighted by atomic mass is 16.5. The number of hydrogen-bond acceptors (Lipinski definition) is 3. The van der Waals surface area contributed by atoms with E-state index in [-0.39, 0.29) is 12.0 Å². The fourth-order valence-electron chi connectivity index (χ4n) is 1.03. The Morgan fingerprint density at radius 1 is 1.73 bits per heavy atom. The van der Waals surface area contributed by atoms with Crippen LogP contribution in [0.1, 0.15) is 13.3 Å². The smallest absolute Gasteiger partial charge is 0.323 e. The normalized spacial score (nSPS) is 23.2. The second-order valence-electron chi connectivity index (χ2n) is 2.42. The zero-order valence-corrected chi connectivity index (χ0v) is 6.67. The van der Waals surface area contributed by atoms with Gasteiger partial charge in [-0.3, -0.25) is 4.79 Å². The monoisotopic (exact) mass is 155 g/mol. The van der Waals surface area contributed by atoms with Crippen LogP contribution < -0.4 is 5.32 Å². The van der Waals surface area contributed by atoms with Crippen LogP contribution in [-0.2, 0) is 9.53 Å². The van der Waals surface area contributed by atoms with Crippen LogP contribution in [0.25, 0.3) is 0 Å². The minimum absolute atomic E-state index is 0.125. The highest BCUT2D eigenvalue weighted by Crippen LogP contribution is 2.01. The van der Waals surface area contributed by atoms with Gasteiger partial charge in [-0.1, -0.05) is 12.2 Å². The molecule has 0 aromatic carbocycles. The molecule has 0 radical (unpaired) electrons. The molecule has 0 spiro atoms. The minimum atomic E-state index is -0.142. The predicted octanol–water partition coefficient (Wildman–Crippen LogP) is 0.468. The fourth-order valence-corrected chi connectivity index (χ4v) is 1.03. The van der Waals surface area contributed by atoms with Gasteiger partial charge in [-0.05, 0) is 13.3 Å². The number of carbonyl (C=O) groups is 1. The highest BCUT2D eigenvalue weighted by Gasteiger charge is 2.18. The van der Waals surface area contributed by atoms with E-state index in [2.05, 4.69) is 5.32 Å². The van der Waals surface area contributed by atoms with Gasteiger partial charge in [0.2, 0.25) is 0 Å². The Morgan fingerprint density at radius 3 is 3.09 bits per heavy atom. The standard InChI is InChI=1S/C8H13NO2/c1-2-11-8(10)7-5-3-4-6-9-7/h3-4,7,9H,2,5-6H2,1H3/t7-/m1/s1. The summed E-state index contributed by atoms with van der Waals surface area (Å²) in [5, 5.41) is 3.04. The van der Waals surface area contributed by atoms with E-state index in [0.717, 1.165) is 13.0 Å². The lowest BCUT2D eigenvalue weighted by Gasteiger charge is -2.17. The maximum Gasteiger partial charge on any atom is 0.323 e. The molecule has 0 bridgehead atoms. The van der Waals surface area contributed by atoms with Gasteiger partial charge in [0.1, 0.15) is 6.04 Å². The zero-order valence-electron chi connectivity index (χ0n) is 6.67. The van der Waals surface area contributed by atoms with Crippen molar-refractivity contribution in [1.82, 2.24) is 5.32 Å². The third kappa shape index (κ3) is 2.35. The number of esters is 1. The van der Waals surface area contributed by atoms with Gasteiger partial charge < -0.3 is 10.1 Å². The van der Waals surface area contributed by atoms with E-state index < -0.39 is 0 Å². The van der Waals surface area contributed by atoms with Gasteiger partial charge >= 0.3 is 5.97 Å². The van der Waals surface area contributed by atoms with Crippen molar-refractivity contribution in [2.24, 2.45) is 0 Å². The third-order valence-corrected chi connectivity index (χ3v) is 1.59. The van der Waals surface area contributed by atoms with Crippen LogP contribution in [0.15, 0.2) is 12.2 Å². The third-order valence-electron chi connectivity index (χ3n) is 1.59. The summed E-state index contributed by atoms with van der Waals surface area (Å²) in [6.07, 6.45) is 4.76. The zero-order chi connectivity index (χ0) is 8.10. The van der Waals surface area contributed by atoms with Crippen molar-refractivity contribution >= 4 is 5.97 Å². The molecule has 3 nitrogen and oxygen atoms in total. The van der Waals surface area contributed by atoms with Crippen LogP contribution >= 0.6 is 0 Å². The summed E-state index contributed by atoms with van der Waals surface area (Å²) in [7, 11) is 0. The maximum absolute atomic E-state index is 11.1. The molecule has 0 saturated heterocycles. The van der Waals surface area contributed by atoms with Crippen molar-refractivity contribution in [3.63, 3.8) is 0 Å². The first-order valence-corrected chi connectivity index (χ1v) is 3.89. The Kier molecular flexibility index (Phi) is 3.11. The molecule has 1 aliphatic rings. The Morgan fingerprint density at radius 2 is 2.55 bits per heavy atom. The average molecular weight is 155 g/mol. The van der Waals surface area contributed by atoms with Gasteiger partial charge in [0, 0.05) is 6.54 Å². The quantitative estimate of drug-likeness (QED) is 0.465. The second-order valence-corrected chi connectivity index (χ2v) is 2.42. The second kappa shape index (κ2) is 4.13. The van der Waals surface area contributed by atoms with E-state index in [1.165, 1.54) is 0 Å². The molecule has 1 N–H and O–H groups in total. The summed E-state index contributed by atoms with van der Waals surface area (Å²) in [5.41, 5.74) is 0. The SMILES string of the molecule is CCOC(=O)[C@H]1CC=CCN1. The molecule has 0 fully saturated rings. The highest BCUT2D eigenvalue weighted by molar-refractivity contribution is 5.76. The van der Waals surface area contributed by atoms with Gasteiger partial charge in [-0.15, -0.1) is 0 Å². The van der Waals surface area contributed by atoms with Gasteiger partial charge in [0.25, 0.3) is 0 Å². The molecule has 1 atom stereocenters. The van der Waals surface area contributed by atoms with E-state index in [9.17, 15) is 4.79 Å². The van der Waals surface area contributed by atoms with Crippen LogP contribution in [0, 0.1) is 0 Å². The van der Waals surface area contributed by atoms with Crippen molar-refractivity contribution in [2.75, 3.05) is 13.2 Å². The largest absolute Gasteiger partial charge is 0.465 e. The van der Waals surface area contributed by atoms with Gasteiger partial charge in [-0.2, -0.15) is 0 Å². The van der Waals surface area contributed by atoms with Crippen LogP contribution in [0.5, 0.6) is 0 Å².